The summed E-state index contributed by atoms with van der Waals surface area (Å²) in [6.45, 7) is 3.62. The minimum Gasteiger partial charge on any atom is -0.495 e. The summed E-state index contributed by atoms with van der Waals surface area (Å²) in [5.74, 6) is 1.55. The van der Waals surface area contributed by atoms with Gasteiger partial charge >= 0.3 is 0 Å². The average Bonchev–Trinajstić information content (AvgIpc) is 2.60. The Kier molecular flexibility index (Phi) is 7.52. The number of nitrogens with zero attached hydrogens (tertiary/aromatic N) is 2. The van der Waals surface area contributed by atoms with Gasteiger partial charge in [-0.2, -0.15) is 0 Å². The van der Waals surface area contributed by atoms with Crippen molar-refractivity contribution in [2.75, 3.05) is 65.1 Å². The Morgan fingerprint density at radius 3 is 2.64 bits per heavy atom. The van der Waals surface area contributed by atoms with Gasteiger partial charge in [0.1, 0.15) is 5.75 Å². The molecule has 1 heterocycles. The van der Waals surface area contributed by atoms with Gasteiger partial charge < -0.3 is 20.3 Å². The van der Waals surface area contributed by atoms with Gasteiger partial charge in [0, 0.05) is 18.8 Å². The molecule has 1 aliphatic heterocycles. The van der Waals surface area contributed by atoms with E-state index in [9.17, 15) is 4.79 Å². The van der Waals surface area contributed by atoms with E-state index in [2.05, 4.69) is 34.5 Å². The fraction of sp³-hybridized carbons (Fsp3) is 0.632. The lowest BCUT2D eigenvalue weighted by Crippen LogP contribution is -2.39. The van der Waals surface area contributed by atoms with Crippen LogP contribution in [0.4, 0.5) is 11.4 Å². The second kappa shape index (κ2) is 9.63. The van der Waals surface area contributed by atoms with Gasteiger partial charge in [-0.25, -0.2) is 0 Å². The lowest BCUT2D eigenvalue weighted by Gasteiger charge is -2.32. The van der Waals surface area contributed by atoms with Crippen molar-refractivity contribution in [2.45, 2.75) is 19.3 Å². The van der Waals surface area contributed by atoms with Crippen molar-refractivity contribution in [1.82, 2.24) is 9.80 Å². The zero-order valence-electron chi connectivity index (χ0n) is 16.0. The number of hydrogen-bond acceptors (Lipinski definition) is 5. The summed E-state index contributed by atoms with van der Waals surface area (Å²) in [5.41, 5.74) is 1.67. The Morgan fingerprint density at radius 1 is 1.32 bits per heavy atom. The number of nitrogens with one attached hydrogen (secondary N) is 2. The molecule has 1 amide bonds. The predicted octanol–water partition coefficient (Wildman–Crippen LogP) is 2.34. The summed E-state index contributed by atoms with van der Waals surface area (Å²) < 4.78 is 5.33. The van der Waals surface area contributed by atoms with Crippen LogP contribution in [0.3, 0.4) is 0 Å². The van der Waals surface area contributed by atoms with Crippen LogP contribution in [0, 0.1) is 5.92 Å². The normalized spacial score (nSPS) is 16.0. The second-order valence-corrected chi connectivity index (χ2v) is 7.02. The van der Waals surface area contributed by atoms with Crippen LogP contribution in [0.25, 0.3) is 0 Å². The summed E-state index contributed by atoms with van der Waals surface area (Å²) in [7, 11) is 7.72. The van der Waals surface area contributed by atoms with Crippen LogP contribution >= 0.6 is 0 Å². The highest BCUT2D eigenvalue weighted by atomic mass is 16.5. The summed E-state index contributed by atoms with van der Waals surface area (Å²) in [4.78, 5) is 16.8. The number of carbonyl (C=O) groups is 1. The SMILES string of the molecule is CNc1ccc(NC(=O)CN2CCC(CCN(C)C)CC2)cc1OC. The molecular formula is C19H32N4O2. The van der Waals surface area contributed by atoms with Crippen LogP contribution in [0.5, 0.6) is 5.75 Å². The maximum Gasteiger partial charge on any atom is 0.238 e. The number of benzene rings is 1. The number of piperidine rings is 1. The average molecular weight is 348 g/mol. The molecule has 0 aliphatic carbocycles. The van der Waals surface area contributed by atoms with Crippen molar-refractivity contribution in [3.63, 3.8) is 0 Å². The lowest BCUT2D eigenvalue weighted by atomic mass is 9.93. The minimum atomic E-state index is 0.0333. The Hall–Kier alpha value is -1.79. The van der Waals surface area contributed by atoms with E-state index in [0.29, 0.717) is 6.54 Å². The van der Waals surface area contributed by atoms with Crippen LogP contribution in [0.2, 0.25) is 0 Å². The number of methoxy groups -OCH3 is 1. The first kappa shape index (κ1) is 19.5. The molecule has 1 aromatic rings. The van der Waals surface area contributed by atoms with Gasteiger partial charge in [0.2, 0.25) is 5.91 Å². The molecule has 1 saturated heterocycles. The van der Waals surface area contributed by atoms with Crippen LogP contribution in [0.1, 0.15) is 19.3 Å². The first-order valence-electron chi connectivity index (χ1n) is 9.04. The molecule has 140 valence electrons. The summed E-state index contributed by atoms with van der Waals surface area (Å²) in [5, 5.41) is 6.04. The summed E-state index contributed by atoms with van der Waals surface area (Å²) in [6, 6.07) is 5.64. The lowest BCUT2D eigenvalue weighted by molar-refractivity contribution is -0.117. The van der Waals surface area contributed by atoms with E-state index >= 15 is 0 Å². The van der Waals surface area contributed by atoms with E-state index in [1.165, 1.54) is 19.3 Å². The highest BCUT2D eigenvalue weighted by molar-refractivity contribution is 5.92. The third-order valence-electron chi connectivity index (χ3n) is 4.81. The molecule has 0 aromatic heterocycles. The molecule has 0 radical (unpaired) electrons. The van der Waals surface area contributed by atoms with Gasteiger partial charge in [-0.15, -0.1) is 0 Å². The highest BCUT2D eigenvalue weighted by Gasteiger charge is 2.21. The fourth-order valence-corrected chi connectivity index (χ4v) is 3.25. The smallest absolute Gasteiger partial charge is 0.238 e. The molecule has 0 saturated carbocycles. The van der Waals surface area contributed by atoms with E-state index in [-0.39, 0.29) is 5.91 Å². The maximum absolute atomic E-state index is 12.3. The third-order valence-corrected chi connectivity index (χ3v) is 4.81. The fourth-order valence-electron chi connectivity index (χ4n) is 3.25. The van der Waals surface area contributed by atoms with Crippen molar-refractivity contribution in [3.05, 3.63) is 18.2 Å². The molecule has 0 spiro atoms. The van der Waals surface area contributed by atoms with Gasteiger partial charge in [0.25, 0.3) is 0 Å². The predicted molar refractivity (Wildman–Crippen MR) is 104 cm³/mol. The number of ether oxygens (including phenoxy) is 1. The van der Waals surface area contributed by atoms with Gasteiger partial charge in [-0.05, 0) is 71.0 Å². The first-order chi connectivity index (χ1) is 12.0. The highest BCUT2D eigenvalue weighted by Crippen LogP contribution is 2.27. The molecule has 6 heteroatoms. The molecule has 1 aromatic carbocycles. The maximum atomic E-state index is 12.3. The molecule has 6 nitrogen and oxygen atoms in total. The Bertz CT molecular complexity index is 554. The molecule has 25 heavy (non-hydrogen) atoms. The topological polar surface area (TPSA) is 56.8 Å². The van der Waals surface area contributed by atoms with E-state index in [4.69, 9.17) is 4.74 Å². The monoisotopic (exact) mass is 348 g/mol. The Labute approximate surface area is 151 Å². The Balaban J connectivity index is 1.78. The Morgan fingerprint density at radius 2 is 2.04 bits per heavy atom. The van der Waals surface area contributed by atoms with Crippen LogP contribution in [-0.2, 0) is 4.79 Å². The van der Waals surface area contributed by atoms with Gasteiger partial charge in [0.05, 0.1) is 19.3 Å². The van der Waals surface area contributed by atoms with Crippen LogP contribution < -0.4 is 15.4 Å². The number of hydrogen-bond donors (Lipinski definition) is 2. The summed E-state index contributed by atoms with van der Waals surface area (Å²) in [6.07, 6.45) is 3.63. The zero-order valence-corrected chi connectivity index (χ0v) is 16.0. The van der Waals surface area contributed by atoms with Crippen molar-refractivity contribution >= 4 is 17.3 Å². The molecule has 1 fully saturated rings. The second-order valence-electron chi connectivity index (χ2n) is 7.02. The number of anilines is 2. The molecule has 0 bridgehead atoms. The minimum absolute atomic E-state index is 0.0333. The van der Waals surface area contributed by atoms with Crippen molar-refractivity contribution in [2.24, 2.45) is 5.92 Å². The largest absolute Gasteiger partial charge is 0.495 e. The molecular weight excluding hydrogens is 316 g/mol. The number of amides is 1. The number of carbonyl (C=O) groups excluding carboxylic acids is 1. The van der Waals surface area contributed by atoms with Crippen LogP contribution in [0.15, 0.2) is 18.2 Å². The van der Waals surface area contributed by atoms with Crippen molar-refractivity contribution < 1.29 is 9.53 Å². The number of likely N-dealkylation sites (tertiary alicyclic amines) is 1. The van der Waals surface area contributed by atoms with E-state index in [0.717, 1.165) is 42.7 Å². The van der Waals surface area contributed by atoms with E-state index < -0.39 is 0 Å². The molecule has 2 N–H and O–H groups in total. The summed E-state index contributed by atoms with van der Waals surface area (Å²) >= 11 is 0. The molecule has 2 rings (SSSR count). The van der Waals surface area contributed by atoms with Gasteiger partial charge in [0.15, 0.2) is 0 Å². The van der Waals surface area contributed by atoms with Gasteiger partial charge in [-0.1, -0.05) is 0 Å². The molecule has 0 atom stereocenters. The van der Waals surface area contributed by atoms with Crippen molar-refractivity contribution in [1.29, 1.82) is 0 Å². The number of rotatable bonds is 8. The van der Waals surface area contributed by atoms with E-state index in [1.807, 2.05) is 25.2 Å². The van der Waals surface area contributed by atoms with Crippen LogP contribution in [-0.4, -0.2) is 70.1 Å². The molecule has 1 aliphatic rings. The molecule has 0 unspecified atom stereocenters. The van der Waals surface area contributed by atoms with Crippen molar-refractivity contribution in [3.8, 4) is 5.75 Å². The first-order valence-corrected chi connectivity index (χ1v) is 9.04. The van der Waals surface area contributed by atoms with E-state index in [1.54, 1.807) is 7.11 Å². The quantitative estimate of drug-likeness (QED) is 0.755. The zero-order chi connectivity index (χ0) is 18.2. The third kappa shape index (κ3) is 6.21. The standard InChI is InChI=1S/C19H32N4O2/c1-20-17-6-5-16(13-18(17)25-4)21-19(24)14-23-11-8-15(9-12-23)7-10-22(2)3/h5-6,13,15,20H,7-12,14H2,1-4H3,(H,21,24). The van der Waals surface area contributed by atoms with Gasteiger partial charge in [-0.3, -0.25) is 9.69 Å².